The molecular weight excluding hydrogens is 332 g/mol. The highest BCUT2D eigenvalue weighted by Gasteiger charge is 2.21. The Morgan fingerprint density at radius 3 is 2.62 bits per heavy atom. The van der Waals surface area contributed by atoms with Crippen LogP contribution in [0.15, 0.2) is 30.5 Å². The van der Waals surface area contributed by atoms with Crippen molar-refractivity contribution in [3.8, 4) is 11.6 Å². The van der Waals surface area contributed by atoms with E-state index >= 15 is 0 Å². The average molecular weight is 349 g/mol. The Labute approximate surface area is 144 Å². The Hall–Kier alpha value is -2.38. The number of hydrogen-bond donors (Lipinski definition) is 1. The van der Waals surface area contributed by atoms with E-state index in [1.165, 1.54) is 6.20 Å². The number of para-hydroxylation sites is 1. The van der Waals surface area contributed by atoms with Gasteiger partial charge in [0, 0.05) is 26.2 Å². The molecule has 0 atom stereocenters. The zero-order valence-electron chi connectivity index (χ0n) is 13.1. The first-order valence-corrected chi connectivity index (χ1v) is 7.88. The number of halogens is 1. The zero-order chi connectivity index (χ0) is 17.1. The van der Waals surface area contributed by atoms with E-state index in [2.05, 4.69) is 21.9 Å². The van der Waals surface area contributed by atoms with Crippen LogP contribution in [-0.2, 0) is 0 Å². The van der Waals surface area contributed by atoms with Crippen LogP contribution in [0.3, 0.4) is 0 Å². The second-order valence-corrected chi connectivity index (χ2v) is 5.92. The molecule has 0 bridgehead atoms. The third-order valence-corrected chi connectivity index (χ3v) is 4.11. The van der Waals surface area contributed by atoms with Crippen molar-refractivity contribution in [1.82, 2.24) is 14.9 Å². The minimum Gasteiger partial charge on any atom is -0.477 e. The van der Waals surface area contributed by atoms with E-state index in [0.29, 0.717) is 16.7 Å². The third-order valence-electron chi connectivity index (χ3n) is 3.80. The lowest BCUT2D eigenvalue weighted by molar-refractivity contribution is 0.0693. The van der Waals surface area contributed by atoms with Crippen LogP contribution in [0.4, 0.5) is 5.95 Å². The predicted molar refractivity (Wildman–Crippen MR) is 90.2 cm³/mol. The summed E-state index contributed by atoms with van der Waals surface area (Å²) in [5.41, 5.74) is -0.104. The summed E-state index contributed by atoms with van der Waals surface area (Å²) in [5, 5.41) is 9.72. The quantitative estimate of drug-likeness (QED) is 0.908. The van der Waals surface area contributed by atoms with E-state index in [0.717, 1.165) is 26.2 Å². The van der Waals surface area contributed by atoms with Crippen molar-refractivity contribution in [2.24, 2.45) is 0 Å². The Kier molecular flexibility index (Phi) is 4.82. The van der Waals surface area contributed by atoms with Gasteiger partial charge in [-0.25, -0.2) is 9.78 Å². The number of likely N-dealkylation sites (N-methyl/N-ethyl adjacent to an activating group) is 1. The summed E-state index contributed by atoms with van der Waals surface area (Å²) in [5.74, 6) is -0.360. The molecule has 2 heterocycles. The van der Waals surface area contributed by atoms with Crippen LogP contribution >= 0.6 is 11.6 Å². The SMILES string of the molecule is CN1CCN(c2ncc(C(=O)O)c(Oc3ccccc3Cl)n2)CC1. The van der Waals surface area contributed by atoms with Crippen molar-refractivity contribution in [2.75, 3.05) is 38.1 Å². The van der Waals surface area contributed by atoms with Gasteiger partial charge in [0.15, 0.2) is 0 Å². The lowest BCUT2D eigenvalue weighted by Crippen LogP contribution is -2.45. The molecule has 0 aliphatic carbocycles. The number of carboxylic acids is 1. The van der Waals surface area contributed by atoms with Crippen LogP contribution in [0.25, 0.3) is 0 Å². The standard InChI is InChI=1S/C16H17ClN4O3/c1-20-6-8-21(9-7-20)16-18-10-11(15(22)23)14(19-16)24-13-5-3-2-4-12(13)17/h2-5,10H,6-9H2,1H3,(H,22,23). The van der Waals surface area contributed by atoms with Crippen molar-refractivity contribution in [1.29, 1.82) is 0 Å². The lowest BCUT2D eigenvalue weighted by Gasteiger charge is -2.32. The largest absolute Gasteiger partial charge is 0.477 e. The number of piperazine rings is 1. The second kappa shape index (κ2) is 7.02. The van der Waals surface area contributed by atoms with E-state index in [1.54, 1.807) is 24.3 Å². The molecular formula is C16H17ClN4O3. The maximum absolute atomic E-state index is 11.4. The molecule has 2 aromatic rings. The summed E-state index contributed by atoms with van der Waals surface area (Å²) in [7, 11) is 2.05. The predicted octanol–water partition coefficient (Wildman–Crippen LogP) is 2.37. The molecule has 1 saturated heterocycles. The molecule has 1 fully saturated rings. The Balaban J connectivity index is 1.92. The van der Waals surface area contributed by atoms with Crippen LogP contribution in [0.2, 0.25) is 5.02 Å². The Morgan fingerprint density at radius 1 is 1.25 bits per heavy atom. The van der Waals surface area contributed by atoms with Crippen molar-refractivity contribution >= 4 is 23.5 Å². The molecule has 1 aliphatic heterocycles. The fourth-order valence-corrected chi connectivity index (χ4v) is 2.55. The second-order valence-electron chi connectivity index (χ2n) is 5.52. The molecule has 8 heteroatoms. The van der Waals surface area contributed by atoms with Crippen LogP contribution in [0, 0.1) is 0 Å². The first-order chi connectivity index (χ1) is 11.5. The number of anilines is 1. The van der Waals surface area contributed by atoms with Gasteiger partial charge in [0.25, 0.3) is 0 Å². The Morgan fingerprint density at radius 2 is 1.96 bits per heavy atom. The van der Waals surface area contributed by atoms with Crippen molar-refractivity contribution in [2.45, 2.75) is 0 Å². The minimum absolute atomic E-state index is 0.0143. The number of aromatic nitrogens is 2. The van der Waals surface area contributed by atoms with Crippen LogP contribution in [0.5, 0.6) is 11.6 Å². The summed E-state index contributed by atoms with van der Waals surface area (Å²) in [6.45, 7) is 3.33. The van der Waals surface area contributed by atoms with Crippen molar-refractivity contribution < 1.29 is 14.6 Å². The monoisotopic (exact) mass is 348 g/mol. The summed E-state index contributed by atoms with van der Waals surface area (Å²) >= 11 is 6.08. The molecule has 0 radical (unpaired) electrons. The topological polar surface area (TPSA) is 78.8 Å². The van der Waals surface area contributed by atoms with Gasteiger partial charge < -0.3 is 19.6 Å². The van der Waals surface area contributed by atoms with Gasteiger partial charge >= 0.3 is 5.97 Å². The van der Waals surface area contributed by atoms with Crippen LogP contribution < -0.4 is 9.64 Å². The number of hydrogen-bond acceptors (Lipinski definition) is 6. The maximum atomic E-state index is 11.4. The van der Waals surface area contributed by atoms with E-state index in [1.807, 2.05) is 4.90 Å². The average Bonchev–Trinajstić information content (AvgIpc) is 2.57. The summed E-state index contributed by atoms with van der Waals surface area (Å²) in [4.78, 5) is 24.1. The van der Waals surface area contributed by atoms with E-state index in [4.69, 9.17) is 16.3 Å². The lowest BCUT2D eigenvalue weighted by atomic mass is 10.3. The van der Waals surface area contributed by atoms with E-state index < -0.39 is 5.97 Å². The number of nitrogens with zero attached hydrogens (tertiary/aromatic N) is 4. The number of carbonyl (C=O) groups is 1. The van der Waals surface area contributed by atoms with Gasteiger partial charge in [-0.3, -0.25) is 0 Å². The molecule has 0 spiro atoms. The molecule has 126 valence electrons. The third kappa shape index (κ3) is 3.58. The minimum atomic E-state index is -1.15. The molecule has 3 rings (SSSR count). The molecule has 24 heavy (non-hydrogen) atoms. The first-order valence-electron chi connectivity index (χ1n) is 7.51. The molecule has 1 N–H and O–H groups in total. The molecule has 1 aliphatic rings. The van der Waals surface area contributed by atoms with Gasteiger partial charge in [0.05, 0.1) is 11.2 Å². The van der Waals surface area contributed by atoms with Gasteiger partial charge in [0.2, 0.25) is 11.8 Å². The highest BCUT2D eigenvalue weighted by molar-refractivity contribution is 6.32. The maximum Gasteiger partial charge on any atom is 0.342 e. The zero-order valence-corrected chi connectivity index (χ0v) is 13.9. The normalized spacial score (nSPS) is 15.3. The summed E-state index contributed by atoms with van der Waals surface area (Å²) < 4.78 is 5.65. The first kappa shape index (κ1) is 16.5. The van der Waals surface area contributed by atoms with Gasteiger partial charge in [0.1, 0.15) is 11.3 Å². The molecule has 1 aromatic heterocycles. The summed E-state index contributed by atoms with van der Waals surface area (Å²) in [6.07, 6.45) is 1.27. The molecule has 1 aromatic carbocycles. The molecule has 7 nitrogen and oxygen atoms in total. The number of aromatic carboxylic acids is 1. The van der Waals surface area contributed by atoms with Gasteiger partial charge in [-0.05, 0) is 19.2 Å². The van der Waals surface area contributed by atoms with Crippen LogP contribution in [0.1, 0.15) is 10.4 Å². The fourth-order valence-electron chi connectivity index (χ4n) is 2.37. The van der Waals surface area contributed by atoms with Gasteiger partial charge in [-0.1, -0.05) is 23.7 Å². The van der Waals surface area contributed by atoms with Crippen molar-refractivity contribution in [3.63, 3.8) is 0 Å². The van der Waals surface area contributed by atoms with E-state index in [9.17, 15) is 9.90 Å². The molecule has 0 unspecified atom stereocenters. The Bertz CT molecular complexity index is 748. The van der Waals surface area contributed by atoms with Crippen LogP contribution in [-0.4, -0.2) is 59.2 Å². The number of ether oxygens (including phenoxy) is 1. The number of benzene rings is 1. The van der Waals surface area contributed by atoms with Gasteiger partial charge in [-0.2, -0.15) is 4.98 Å². The number of carboxylic acid groups (broad SMARTS) is 1. The summed E-state index contributed by atoms with van der Waals surface area (Å²) in [6, 6.07) is 6.85. The highest BCUT2D eigenvalue weighted by Crippen LogP contribution is 2.30. The molecule has 0 saturated carbocycles. The highest BCUT2D eigenvalue weighted by atomic mass is 35.5. The van der Waals surface area contributed by atoms with Crippen molar-refractivity contribution in [3.05, 3.63) is 41.0 Å². The number of rotatable bonds is 4. The smallest absolute Gasteiger partial charge is 0.342 e. The van der Waals surface area contributed by atoms with E-state index in [-0.39, 0.29) is 11.4 Å². The fraction of sp³-hybridized carbons (Fsp3) is 0.312. The van der Waals surface area contributed by atoms with Gasteiger partial charge in [-0.15, -0.1) is 0 Å². The molecule has 0 amide bonds.